The molecule has 0 aliphatic carbocycles. The third-order valence-electron chi connectivity index (χ3n) is 4.89. The van der Waals surface area contributed by atoms with Crippen molar-refractivity contribution in [3.63, 3.8) is 0 Å². The Kier molecular flexibility index (Phi) is 5.84. The van der Waals surface area contributed by atoms with Gasteiger partial charge >= 0.3 is 6.09 Å². The number of hydrogen-bond donors (Lipinski definition) is 1. The number of amides is 1. The zero-order valence-electron chi connectivity index (χ0n) is 17.4. The Morgan fingerprint density at radius 3 is 2.54 bits per heavy atom. The van der Waals surface area contributed by atoms with Gasteiger partial charge in [-0.1, -0.05) is 24.6 Å². The van der Waals surface area contributed by atoms with Gasteiger partial charge in [0.15, 0.2) is 0 Å². The maximum atomic E-state index is 11.8. The fourth-order valence-electron chi connectivity index (χ4n) is 3.82. The average molecular weight is 384 g/mol. The highest BCUT2D eigenvalue weighted by molar-refractivity contribution is 5.71. The summed E-state index contributed by atoms with van der Waals surface area (Å²) in [5.74, 6) is 1.46. The molecule has 0 bridgehead atoms. The maximum Gasteiger partial charge on any atom is 0.407 e. The smallest absolute Gasteiger partial charge is 0.407 e. The van der Waals surface area contributed by atoms with Crippen LogP contribution in [0.5, 0.6) is 0 Å². The van der Waals surface area contributed by atoms with Gasteiger partial charge < -0.3 is 19.7 Å². The van der Waals surface area contributed by atoms with E-state index in [2.05, 4.69) is 48.1 Å². The van der Waals surface area contributed by atoms with Crippen LogP contribution in [0.2, 0.25) is 0 Å². The molecule has 7 heteroatoms. The highest BCUT2D eigenvalue weighted by atomic mass is 16.6. The van der Waals surface area contributed by atoms with E-state index >= 15 is 0 Å². The van der Waals surface area contributed by atoms with Crippen LogP contribution in [0.15, 0.2) is 12.1 Å². The molecule has 1 amide bonds. The Morgan fingerprint density at radius 1 is 1.25 bits per heavy atom. The second-order valence-electron chi connectivity index (χ2n) is 7.16. The van der Waals surface area contributed by atoms with Gasteiger partial charge in [0.25, 0.3) is 0 Å². The van der Waals surface area contributed by atoms with Crippen molar-refractivity contribution in [3.8, 4) is 0 Å². The van der Waals surface area contributed by atoms with E-state index in [9.17, 15) is 4.79 Å². The molecule has 1 unspecified atom stereocenters. The molecule has 1 aliphatic rings. The zero-order chi connectivity index (χ0) is 20.4. The number of carbonyl (C=O) groups excluding carboxylic acids is 1. The normalized spacial score (nSPS) is 14.4. The van der Waals surface area contributed by atoms with Crippen molar-refractivity contribution in [2.24, 2.45) is 0 Å². The van der Waals surface area contributed by atoms with Gasteiger partial charge in [0.1, 0.15) is 24.5 Å². The molecule has 28 heavy (non-hydrogen) atoms. The lowest BCUT2D eigenvalue weighted by Gasteiger charge is -2.34. The average Bonchev–Trinajstić information content (AvgIpc) is 2.64. The van der Waals surface area contributed by atoms with Crippen molar-refractivity contribution in [3.05, 3.63) is 45.9 Å². The number of nitrogens with zero attached hydrogens (tertiary/aromatic N) is 3. The minimum absolute atomic E-state index is 0.388. The molecular weight excluding hydrogens is 356 g/mol. The quantitative estimate of drug-likeness (QED) is 0.854. The summed E-state index contributed by atoms with van der Waals surface area (Å²) in [6.07, 6.45) is -0.325. The Bertz CT molecular complexity index is 874. The largest absolute Gasteiger partial charge is 0.440 e. The second-order valence-corrected chi connectivity index (χ2v) is 7.16. The number of anilines is 2. The molecular formula is C21H28N4O3. The lowest BCUT2D eigenvalue weighted by atomic mass is 10.0. The summed E-state index contributed by atoms with van der Waals surface area (Å²) in [5.41, 5.74) is 6.23. The first-order valence-electron chi connectivity index (χ1n) is 9.54. The number of nitrogens with one attached hydrogen (secondary N) is 1. The zero-order valence-corrected chi connectivity index (χ0v) is 17.4. The van der Waals surface area contributed by atoms with Crippen molar-refractivity contribution >= 4 is 17.6 Å². The van der Waals surface area contributed by atoms with Crippen molar-refractivity contribution in [1.29, 1.82) is 0 Å². The van der Waals surface area contributed by atoms with Crippen molar-refractivity contribution in [1.82, 2.24) is 15.3 Å². The molecule has 7 nitrogen and oxygen atoms in total. The van der Waals surface area contributed by atoms with Crippen molar-refractivity contribution < 1.29 is 14.3 Å². The van der Waals surface area contributed by atoms with E-state index < -0.39 is 12.2 Å². The number of aryl methyl sites for hydroxylation is 4. The summed E-state index contributed by atoms with van der Waals surface area (Å²) >= 11 is 0. The van der Waals surface area contributed by atoms with Gasteiger partial charge in [-0.3, -0.25) is 0 Å². The van der Waals surface area contributed by atoms with Crippen molar-refractivity contribution in [2.45, 2.75) is 53.8 Å². The first kappa shape index (κ1) is 20.1. The van der Waals surface area contributed by atoms with Gasteiger partial charge in [-0.2, -0.15) is 0 Å². The number of benzene rings is 1. The van der Waals surface area contributed by atoms with Gasteiger partial charge in [-0.25, -0.2) is 14.8 Å². The number of ether oxygens (including phenoxy) is 2. The fourth-order valence-corrected chi connectivity index (χ4v) is 3.82. The molecule has 1 N–H and O–H groups in total. The summed E-state index contributed by atoms with van der Waals surface area (Å²) in [6, 6.07) is 4.32. The molecule has 1 aromatic heterocycles. The Labute approximate surface area is 166 Å². The minimum Gasteiger partial charge on any atom is -0.440 e. The van der Waals surface area contributed by atoms with E-state index in [0.717, 1.165) is 17.1 Å². The summed E-state index contributed by atoms with van der Waals surface area (Å²) < 4.78 is 11.4. The van der Waals surface area contributed by atoms with Crippen molar-refractivity contribution in [2.75, 3.05) is 18.7 Å². The number of aromatic nitrogens is 2. The predicted molar refractivity (Wildman–Crippen MR) is 108 cm³/mol. The predicted octanol–water partition coefficient (Wildman–Crippen LogP) is 4.14. The molecule has 3 rings (SSSR count). The Hall–Kier alpha value is -2.67. The molecule has 0 spiro atoms. The number of carbonyl (C=O) groups is 1. The van der Waals surface area contributed by atoms with E-state index in [1.807, 2.05) is 13.8 Å². The minimum atomic E-state index is -0.476. The molecule has 0 saturated heterocycles. The van der Waals surface area contributed by atoms with Crippen LogP contribution in [0.4, 0.5) is 16.3 Å². The lowest BCUT2D eigenvalue weighted by molar-refractivity contribution is 0.0861. The Balaban J connectivity index is 2.12. The number of rotatable bonds is 4. The lowest BCUT2D eigenvalue weighted by Crippen LogP contribution is -2.31. The molecule has 0 fully saturated rings. The van der Waals surface area contributed by atoms with Gasteiger partial charge in [-0.05, 0) is 45.2 Å². The first-order chi connectivity index (χ1) is 13.3. The number of alkyl carbamates (subject to hydrolysis) is 1. The first-order valence-corrected chi connectivity index (χ1v) is 9.54. The Morgan fingerprint density at radius 2 is 1.93 bits per heavy atom. The third kappa shape index (κ3) is 3.80. The molecule has 150 valence electrons. The van der Waals surface area contributed by atoms with Crippen LogP contribution in [-0.4, -0.2) is 29.8 Å². The van der Waals surface area contributed by atoms with Crippen LogP contribution in [0, 0.1) is 27.7 Å². The standard InChI is InChI=1S/C21H28N4O3/c1-7-17(28-21(26)22-6)18-16-10-27-11-25(20(16)24-15(5)23-18)19-13(3)8-12(2)9-14(19)4/h8-9,17H,7,10-11H2,1-6H3,(H,22,26). The van der Waals surface area contributed by atoms with E-state index in [4.69, 9.17) is 14.5 Å². The molecule has 1 aliphatic heterocycles. The fraction of sp³-hybridized carbons (Fsp3) is 0.476. The van der Waals surface area contributed by atoms with Gasteiger partial charge in [-0.15, -0.1) is 0 Å². The van der Waals surface area contributed by atoms with E-state index in [1.54, 1.807) is 7.05 Å². The summed E-state index contributed by atoms with van der Waals surface area (Å²) in [5, 5.41) is 2.50. The highest BCUT2D eigenvalue weighted by Crippen LogP contribution is 2.38. The molecule has 2 aromatic rings. The molecule has 0 saturated carbocycles. The van der Waals surface area contributed by atoms with Crippen LogP contribution >= 0.6 is 0 Å². The number of hydrogen-bond acceptors (Lipinski definition) is 6. The SMILES string of the molecule is CCC(OC(=O)NC)c1nc(C)nc2c1COCN2c1c(C)cc(C)cc1C. The number of fused-ring (bicyclic) bond motifs is 1. The highest BCUT2D eigenvalue weighted by Gasteiger charge is 2.30. The third-order valence-corrected chi connectivity index (χ3v) is 4.89. The van der Waals surface area contributed by atoms with Crippen LogP contribution in [-0.2, 0) is 16.1 Å². The molecule has 1 atom stereocenters. The summed E-state index contributed by atoms with van der Waals surface area (Å²) in [6.45, 7) is 10.9. The summed E-state index contributed by atoms with van der Waals surface area (Å²) in [4.78, 5) is 23.2. The molecule has 2 heterocycles. The monoisotopic (exact) mass is 384 g/mol. The van der Waals surface area contributed by atoms with E-state index in [0.29, 0.717) is 31.3 Å². The van der Waals surface area contributed by atoms with Crippen LogP contribution < -0.4 is 10.2 Å². The summed E-state index contributed by atoms with van der Waals surface area (Å²) in [7, 11) is 1.55. The molecule has 0 radical (unpaired) electrons. The van der Waals surface area contributed by atoms with Crippen LogP contribution in [0.1, 0.15) is 53.2 Å². The maximum absolute atomic E-state index is 11.8. The van der Waals surface area contributed by atoms with E-state index in [1.165, 1.54) is 16.7 Å². The second kappa shape index (κ2) is 8.14. The van der Waals surface area contributed by atoms with Gasteiger partial charge in [0.05, 0.1) is 18.0 Å². The molecule has 1 aromatic carbocycles. The van der Waals surface area contributed by atoms with Crippen LogP contribution in [0.25, 0.3) is 0 Å². The van der Waals surface area contributed by atoms with Gasteiger partial charge in [0, 0.05) is 12.6 Å². The van der Waals surface area contributed by atoms with E-state index in [-0.39, 0.29) is 0 Å². The van der Waals surface area contributed by atoms with Gasteiger partial charge in [0.2, 0.25) is 0 Å². The van der Waals surface area contributed by atoms with Crippen LogP contribution in [0.3, 0.4) is 0 Å². The topological polar surface area (TPSA) is 76.6 Å².